The Morgan fingerprint density at radius 2 is 2.15 bits per heavy atom. The molecule has 2 aromatic rings. The van der Waals surface area contributed by atoms with E-state index in [1.807, 2.05) is 42.8 Å². The number of benzene rings is 1. The summed E-state index contributed by atoms with van der Waals surface area (Å²) in [5.74, 6) is 0.788. The van der Waals surface area contributed by atoms with Gasteiger partial charge in [0.2, 0.25) is 0 Å². The van der Waals surface area contributed by atoms with Crippen LogP contribution < -0.4 is 4.74 Å². The molecular formula is C15H19BrN2O2. The minimum Gasteiger partial charge on any atom is -0.497 e. The summed E-state index contributed by atoms with van der Waals surface area (Å²) < 4.78 is 8.04. The number of aliphatic hydroxyl groups excluding tert-OH is 1. The molecule has 1 heterocycles. The lowest BCUT2D eigenvalue weighted by Gasteiger charge is -2.14. The van der Waals surface area contributed by atoms with Crippen molar-refractivity contribution >= 4 is 15.9 Å². The maximum absolute atomic E-state index is 10.5. The Morgan fingerprint density at radius 1 is 1.40 bits per heavy atom. The number of methoxy groups -OCH3 is 1. The lowest BCUT2D eigenvalue weighted by atomic mass is 10.0. The molecule has 1 atom stereocenters. The van der Waals surface area contributed by atoms with Crippen molar-refractivity contribution in [3.63, 3.8) is 0 Å². The van der Waals surface area contributed by atoms with E-state index < -0.39 is 6.10 Å². The second kappa shape index (κ2) is 6.41. The van der Waals surface area contributed by atoms with Crippen LogP contribution in [0.3, 0.4) is 0 Å². The van der Waals surface area contributed by atoms with Crippen LogP contribution in [0.1, 0.15) is 30.0 Å². The van der Waals surface area contributed by atoms with Gasteiger partial charge in [-0.15, -0.1) is 0 Å². The van der Waals surface area contributed by atoms with Crippen LogP contribution in [0.25, 0.3) is 0 Å². The van der Waals surface area contributed by atoms with Crippen molar-refractivity contribution in [1.82, 2.24) is 9.78 Å². The number of nitrogens with zero attached hydrogens (tertiary/aromatic N) is 2. The zero-order chi connectivity index (χ0) is 14.7. The molecule has 0 aliphatic carbocycles. The number of halogens is 1. The first-order valence-electron chi connectivity index (χ1n) is 6.60. The first-order chi connectivity index (χ1) is 9.55. The van der Waals surface area contributed by atoms with Crippen molar-refractivity contribution in [3.05, 3.63) is 45.7 Å². The van der Waals surface area contributed by atoms with Crippen molar-refractivity contribution in [1.29, 1.82) is 0 Å². The van der Waals surface area contributed by atoms with E-state index in [4.69, 9.17) is 4.74 Å². The van der Waals surface area contributed by atoms with E-state index in [2.05, 4.69) is 21.0 Å². The Morgan fingerprint density at radius 3 is 2.80 bits per heavy atom. The van der Waals surface area contributed by atoms with Crippen LogP contribution in [-0.4, -0.2) is 22.0 Å². The molecule has 1 aromatic heterocycles. The fourth-order valence-electron chi connectivity index (χ4n) is 2.23. The molecule has 1 unspecified atom stereocenters. The number of aryl methyl sites for hydroxylation is 2. The average molecular weight is 339 g/mol. The van der Waals surface area contributed by atoms with Gasteiger partial charge in [-0.3, -0.25) is 4.68 Å². The first kappa shape index (κ1) is 15.1. The smallest absolute Gasteiger partial charge is 0.119 e. The number of ether oxygens (including phenoxy) is 1. The number of hydrogen-bond donors (Lipinski definition) is 1. The van der Waals surface area contributed by atoms with E-state index in [9.17, 15) is 5.11 Å². The summed E-state index contributed by atoms with van der Waals surface area (Å²) in [6.45, 7) is 4.70. The normalized spacial score (nSPS) is 12.4. The number of rotatable bonds is 5. The SMILES string of the molecule is CCn1nc(C)cc1C(O)Cc1cc(OC)ccc1Br. The van der Waals surface area contributed by atoms with Crippen molar-refractivity contribution in [3.8, 4) is 5.75 Å². The summed E-state index contributed by atoms with van der Waals surface area (Å²) in [5, 5.41) is 14.8. The largest absolute Gasteiger partial charge is 0.497 e. The number of hydrogen-bond acceptors (Lipinski definition) is 3. The van der Waals surface area contributed by atoms with E-state index >= 15 is 0 Å². The van der Waals surface area contributed by atoms with Gasteiger partial charge in [-0.1, -0.05) is 15.9 Å². The highest BCUT2D eigenvalue weighted by molar-refractivity contribution is 9.10. The van der Waals surface area contributed by atoms with E-state index in [1.54, 1.807) is 7.11 Å². The van der Waals surface area contributed by atoms with Crippen LogP contribution in [0.5, 0.6) is 5.75 Å². The van der Waals surface area contributed by atoms with Gasteiger partial charge >= 0.3 is 0 Å². The third kappa shape index (κ3) is 3.22. The van der Waals surface area contributed by atoms with Crippen LogP contribution in [0, 0.1) is 6.92 Å². The van der Waals surface area contributed by atoms with Gasteiger partial charge in [0.25, 0.3) is 0 Å². The third-order valence-electron chi connectivity index (χ3n) is 3.24. The molecule has 1 N–H and O–H groups in total. The van der Waals surface area contributed by atoms with Gasteiger partial charge in [-0.2, -0.15) is 5.10 Å². The van der Waals surface area contributed by atoms with Gasteiger partial charge in [0.15, 0.2) is 0 Å². The van der Waals surface area contributed by atoms with Crippen LogP contribution in [-0.2, 0) is 13.0 Å². The monoisotopic (exact) mass is 338 g/mol. The van der Waals surface area contributed by atoms with Crippen molar-refractivity contribution in [2.24, 2.45) is 0 Å². The van der Waals surface area contributed by atoms with Crippen molar-refractivity contribution in [2.75, 3.05) is 7.11 Å². The third-order valence-corrected chi connectivity index (χ3v) is 4.01. The molecule has 0 radical (unpaired) electrons. The van der Waals surface area contributed by atoms with Crippen LogP contribution in [0.15, 0.2) is 28.7 Å². The molecule has 0 saturated carbocycles. The average Bonchev–Trinajstić information content (AvgIpc) is 2.82. The fraction of sp³-hybridized carbons (Fsp3) is 0.400. The second-order valence-corrected chi connectivity index (χ2v) is 5.56. The molecule has 0 aliphatic heterocycles. The molecule has 0 spiro atoms. The Bertz CT molecular complexity index is 596. The maximum atomic E-state index is 10.5. The Balaban J connectivity index is 2.24. The molecule has 0 aliphatic rings. The summed E-state index contributed by atoms with van der Waals surface area (Å²) >= 11 is 3.51. The zero-order valence-corrected chi connectivity index (χ0v) is 13.5. The Kier molecular flexibility index (Phi) is 4.83. The molecular weight excluding hydrogens is 320 g/mol. The Hall–Kier alpha value is -1.33. The van der Waals surface area contributed by atoms with E-state index in [-0.39, 0.29) is 0 Å². The lowest BCUT2D eigenvalue weighted by molar-refractivity contribution is 0.167. The molecule has 0 fully saturated rings. The number of aliphatic hydroxyl groups is 1. The van der Waals surface area contributed by atoms with Gasteiger partial charge in [-0.25, -0.2) is 0 Å². The second-order valence-electron chi connectivity index (χ2n) is 4.70. The molecule has 108 valence electrons. The maximum Gasteiger partial charge on any atom is 0.119 e. The summed E-state index contributed by atoms with van der Waals surface area (Å²) in [6, 6.07) is 7.69. The highest BCUT2D eigenvalue weighted by Gasteiger charge is 2.16. The van der Waals surface area contributed by atoms with Crippen LogP contribution in [0.4, 0.5) is 0 Å². The van der Waals surface area contributed by atoms with Crippen molar-refractivity contribution in [2.45, 2.75) is 32.9 Å². The summed E-state index contributed by atoms with van der Waals surface area (Å²) in [7, 11) is 1.64. The van der Waals surface area contributed by atoms with E-state index in [1.165, 1.54) is 0 Å². The standard InChI is InChI=1S/C15H19BrN2O2/c1-4-18-14(7-10(2)17-18)15(19)9-11-8-12(20-3)5-6-13(11)16/h5-8,15,19H,4,9H2,1-3H3. The van der Waals surface area contributed by atoms with Gasteiger partial charge in [-0.05, 0) is 43.7 Å². The van der Waals surface area contributed by atoms with Gasteiger partial charge in [0.1, 0.15) is 5.75 Å². The molecule has 1 aromatic carbocycles. The topological polar surface area (TPSA) is 47.3 Å². The highest BCUT2D eigenvalue weighted by atomic mass is 79.9. The molecule has 2 rings (SSSR count). The quantitative estimate of drug-likeness (QED) is 0.910. The number of aromatic nitrogens is 2. The predicted octanol–water partition coefficient (Wildman–Crippen LogP) is 3.26. The van der Waals surface area contributed by atoms with E-state index in [0.29, 0.717) is 6.42 Å². The minimum atomic E-state index is -0.584. The molecule has 4 nitrogen and oxygen atoms in total. The molecule has 20 heavy (non-hydrogen) atoms. The molecule has 0 amide bonds. The highest BCUT2D eigenvalue weighted by Crippen LogP contribution is 2.27. The van der Waals surface area contributed by atoms with Crippen molar-refractivity contribution < 1.29 is 9.84 Å². The molecule has 0 saturated heterocycles. The van der Waals surface area contributed by atoms with Gasteiger partial charge in [0, 0.05) is 17.4 Å². The lowest BCUT2D eigenvalue weighted by Crippen LogP contribution is -2.10. The first-order valence-corrected chi connectivity index (χ1v) is 7.39. The Labute approximate surface area is 127 Å². The fourth-order valence-corrected chi connectivity index (χ4v) is 2.64. The summed E-state index contributed by atoms with van der Waals surface area (Å²) in [5.41, 5.74) is 2.78. The minimum absolute atomic E-state index is 0.517. The van der Waals surface area contributed by atoms with Gasteiger partial charge in [0.05, 0.1) is 24.6 Å². The van der Waals surface area contributed by atoms with Crippen LogP contribution in [0.2, 0.25) is 0 Å². The molecule has 0 bridgehead atoms. The predicted molar refractivity (Wildman–Crippen MR) is 82.0 cm³/mol. The van der Waals surface area contributed by atoms with Crippen LogP contribution >= 0.6 is 15.9 Å². The zero-order valence-electron chi connectivity index (χ0n) is 11.9. The summed E-state index contributed by atoms with van der Waals surface area (Å²) in [4.78, 5) is 0. The van der Waals surface area contributed by atoms with Gasteiger partial charge < -0.3 is 9.84 Å². The summed E-state index contributed by atoms with van der Waals surface area (Å²) in [6.07, 6.45) is -0.0670. The molecule has 5 heteroatoms. The van der Waals surface area contributed by atoms with E-state index in [0.717, 1.165) is 33.7 Å².